The Kier molecular flexibility index (Phi) is 4.59. The zero-order valence-corrected chi connectivity index (χ0v) is 12.2. The molecule has 0 aliphatic carbocycles. The van der Waals surface area contributed by atoms with E-state index in [0.717, 1.165) is 5.56 Å². The van der Waals surface area contributed by atoms with Gasteiger partial charge in [0.15, 0.2) is 0 Å². The number of aliphatic hydroxyl groups is 1. The number of thiophene rings is 1. The molecule has 102 valence electrons. The van der Waals surface area contributed by atoms with E-state index < -0.39 is 10.0 Å². The normalized spacial score (nSPS) is 11.7. The van der Waals surface area contributed by atoms with Crippen LogP contribution in [0.3, 0.4) is 0 Å². The third kappa shape index (κ3) is 3.55. The second-order valence-electron chi connectivity index (χ2n) is 3.87. The van der Waals surface area contributed by atoms with Crippen molar-refractivity contribution in [3.05, 3.63) is 51.2 Å². The van der Waals surface area contributed by atoms with E-state index in [1.807, 2.05) is 16.8 Å². The highest BCUT2D eigenvalue weighted by Gasteiger charge is 2.15. The molecule has 2 N–H and O–H groups in total. The largest absolute Gasteiger partial charge is 0.392 e. The van der Waals surface area contributed by atoms with Crippen molar-refractivity contribution in [2.45, 2.75) is 18.0 Å². The molecule has 0 bridgehead atoms. The standard InChI is InChI=1S/C12H12ClNO3S2/c13-12-2-1-11(5-10(12)7-15)19(16,17)14-6-9-3-4-18-8-9/h1-5,8,14-15H,6-7H2. The van der Waals surface area contributed by atoms with Gasteiger partial charge in [-0.25, -0.2) is 13.1 Å². The fourth-order valence-corrected chi connectivity index (χ4v) is 3.41. The van der Waals surface area contributed by atoms with Gasteiger partial charge in [-0.05, 0) is 46.2 Å². The molecule has 0 fully saturated rings. The van der Waals surface area contributed by atoms with Crippen LogP contribution in [0.4, 0.5) is 0 Å². The SMILES string of the molecule is O=S(=O)(NCc1ccsc1)c1ccc(Cl)c(CO)c1. The summed E-state index contributed by atoms with van der Waals surface area (Å²) < 4.78 is 26.7. The minimum atomic E-state index is -3.60. The fraction of sp³-hybridized carbons (Fsp3) is 0.167. The molecule has 0 aliphatic heterocycles. The summed E-state index contributed by atoms with van der Waals surface area (Å²) in [5.41, 5.74) is 1.30. The Hall–Kier alpha value is -0.920. The third-order valence-electron chi connectivity index (χ3n) is 2.54. The average Bonchev–Trinajstić information content (AvgIpc) is 2.90. The molecule has 19 heavy (non-hydrogen) atoms. The number of sulfonamides is 1. The zero-order chi connectivity index (χ0) is 13.9. The van der Waals surface area contributed by atoms with E-state index >= 15 is 0 Å². The van der Waals surface area contributed by atoms with E-state index in [9.17, 15) is 8.42 Å². The molecule has 1 heterocycles. The van der Waals surface area contributed by atoms with Gasteiger partial charge in [0, 0.05) is 11.6 Å². The first kappa shape index (κ1) is 14.5. The van der Waals surface area contributed by atoms with Crippen molar-refractivity contribution in [2.75, 3.05) is 0 Å². The van der Waals surface area contributed by atoms with Crippen molar-refractivity contribution < 1.29 is 13.5 Å². The maximum absolute atomic E-state index is 12.1. The monoisotopic (exact) mass is 317 g/mol. The van der Waals surface area contributed by atoms with Crippen molar-refractivity contribution >= 4 is 33.0 Å². The molecular weight excluding hydrogens is 306 g/mol. The molecule has 1 aromatic heterocycles. The highest BCUT2D eigenvalue weighted by molar-refractivity contribution is 7.89. The van der Waals surface area contributed by atoms with Crippen LogP contribution in [0, 0.1) is 0 Å². The van der Waals surface area contributed by atoms with Gasteiger partial charge < -0.3 is 5.11 Å². The minimum absolute atomic E-state index is 0.0937. The molecule has 0 saturated heterocycles. The molecule has 0 atom stereocenters. The molecule has 0 amide bonds. The van der Waals surface area contributed by atoms with Crippen molar-refractivity contribution in [2.24, 2.45) is 0 Å². The number of rotatable bonds is 5. The van der Waals surface area contributed by atoms with Crippen LogP contribution in [0.2, 0.25) is 5.02 Å². The lowest BCUT2D eigenvalue weighted by Gasteiger charge is -2.08. The Morgan fingerprint density at radius 3 is 2.74 bits per heavy atom. The number of aliphatic hydroxyl groups excluding tert-OH is 1. The molecule has 1 aromatic carbocycles. The molecular formula is C12H12ClNO3S2. The Morgan fingerprint density at radius 1 is 1.32 bits per heavy atom. The van der Waals surface area contributed by atoms with Gasteiger partial charge >= 0.3 is 0 Å². The van der Waals surface area contributed by atoms with E-state index in [4.69, 9.17) is 16.7 Å². The third-order valence-corrected chi connectivity index (χ3v) is 5.04. The highest BCUT2D eigenvalue weighted by Crippen LogP contribution is 2.20. The first-order chi connectivity index (χ1) is 9.03. The van der Waals surface area contributed by atoms with Gasteiger partial charge in [-0.3, -0.25) is 0 Å². The maximum Gasteiger partial charge on any atom is 0.240 e. The summed E-state index contributed by atoms with van der Waals surface area (Å²) in [6.07, 6.45) is 0. The Labute approximate surface area is 120 Å². The quantitative estimate of drug-likeness (QED) is 0.889. The van der Waals surface area contributed by atoms with Crippen LogP contribution in [-0.4, -0.2) is 13.5 Å². The number of hydrogen-bond donors (Lipinski definition) is 2. The summed E-state index contributed by atoms with van der Waals surface area (Å²) in [5, 5.41) is 13.2. The summed E-state index contributed by atoms with van der Waals surface area (Å²) in [5.74, 6) is 0. The van der Waals surface area contributed by atoms with Crippen molar-refractivity contribution in [3.8, 4) is 0 Å². The lowest BCUT2D eigenvalue weighted by Crippen LogP contribution is -2.23. The molecule has 2 aromatic rings. The molecule has 0 spiro atoms. The van der Waals surface area contributed by atoms with Gasteiger partial charge in [0.25, 0.3) is 0 Å². The molecule has 4 nitrogen and oxygen atoms in total. The van der Waals surface area contributed by atoms with Crippen molar-refractivity contribution in [3.63, 3.8) is 0 Å². The summed E-state index contributed by atoms with van der Waals surface area (Å²) in [4.78, 5) is 0.0937. The summed E-state index contributed by atoms with van der Waals surface area (Å²) in [6, 6.07) is 6.11. The van der Waals surface area contributed by atoms with Crippen molar-refractivity contribution in [1.82, 2.24) is 4.72 Å². The van der Waals surface area contributed by atoms with Gasteiger partial charge in [0.2, 0.25) is 10.0 Å². The summed E-state index contributed by atoms with van der Waals surface area (Å²) in [7, 11) is -3.60. The summed E-state index contributed by atoms with van der Waals surface area (Å²) >= 11 is 7.34. The molecule has 2 rings (SSSR count). The van der Waals surface area contributed by atoms with E-state index in [0.29, 0.717) is 10.6 Å². The van der Waals surface area contributed by atoms with Crippen LogP contribution in [0.5, 0.6) is 0 Å². The predicted octanol–water partition coefficient (Wildman–Crippen LogP) is 2.37. The zero-order valence-electron chi connectivity index (χ0n) is 9.84. The van der Waals surface area contributed by atoms with Crippen LogP contribution in [0.25, 0.3) is 0 Å². The van der Waals surface area contributed by atoms with Gasteiger partial charge in [-0.1, -0.05) is 11.6 Å². The predicted molar refractivity (Wildman–Crippen MR) is 75.7 cm³/mol. The first-order valence-corrected chi connectivity index (χ1v) is 8.23. The molecule has 7 heteroatoms. The Bertz CT molecular complexity index is 654. The fourth-order valence-electron chi connectivity index (χ4n) is 1.49. The van der Waals surface area contributed by atoms with E-state index in [-0.39, 0.29) is 18.0 Å². The summed E-state index contributed by atoms with van der Waals surface area (Å²) in [6.45, 7) is -0.0599. The number of hydrogen-bond acceptors (Lipinski definition) is 4. The Morgan fingerprint density at radius 2 is 2.11 bits per heavy atom. The molecule has 0 saturated carbocycles. The maximum atomic E-state index is 12.1. The van der Waals surface area contributed by atoms with Gasteiger partial charge in [0.1, 0.15) is 0 Å². The second-order valence-corrected chi connectivity index (χ2v) is 6.82. The van der Waals surface area contributed by atoms with Crippen LogP contribution in [0.15, 0.2) is 39.9 Å². The van der Waals surface area contributed by atoms with Gasteiger partial charge in [-0.15, -0.1) is 0 Å². The number of benzene rings is 1. The van der Waals surface area contributed by atoms with Crippen LogP contribution >= 0.6 is 22.9 Å². The minimum Gasteiger partial charge on any atom is -0.392 e. The first-order valence-electron chi connectivity index (χ1n) is 5.43. The van der Waals surface area contributed by atoms with E-state index in [1.54, 1.807) is 0 Å². The number of halogens is 1. The van der Waals surface area contributed by atoms with E-state index in [2.05, 4.69) is 4.72 Å². The smallest absolute Gasteiger partial charge is 0.240 e. The highest BCUT2D eigenvalue weighted by atomic mass is 35.5. The average molecular weight is 318 g/mol. The van der Waals surface area contributed by atoms with Gasteiger partial charge in [0.05, 0.1) is 11.5 Å². The lowest BCUT2D eigenvalue weighted by atomic mass is 10.2. The topological polar surface area (TPSA) is 66.4 Å². The van der Waals surface area contributed by atoms with Crippen LogP contribution in [0.1, 0.15) is 11.1 Å². The Balaban J connectivity index is 2.19. The van der Waals surface area contributed by atoms with Crippen LogP contribution < -0.4 is 4.72 Å². The molecule has 0 aliphatic rings. The molecule has 0 radical (unpaired) electrons. The second kappa shape index (κ2) is 6.02. The van der Waals surface area contributed by atoms with E-state index in [1.165, 1.54) is 29.5 Å². The lowest BCUT2D eigenvalue weighted by molar-refractivity contribution is 0.281. The van der Waals surface area contributed by atoms with Crippen LogP contribution in [-0.2, 0) is 23.2 Å². The van der Waals surface area contributed by atoms with Crippen molar-refractivity contribution in [1.29, 1.82) is 0 Å². The molecule has 0 unspecified atom stereocenters. The van der Waals surface area contributed by atoms with Gasteiger partial charge in [-0.2, -0.15) is 11.3 Å². The number of nitrogens with one attached hydrogen (secondary N) is 1.